The second-order valence-electron chi connectivity index (χ2n) is 6.18. The molecule has 2 amide bonds. The van der Waals surface area contributed by atoms with Crippen LogP contribution < -0.4 is 16.1 Å². The number of imidazole rings is 1. The van der Waals surface area contributed by atoms with Crippen LogP contribution in [0.25, 0.3) is 16.9 Å². The van der Waals surface area contributed by atoms with Gasteiger partial charge in [-0.2, -0.15) is 26.3 Å². The number of benzene rings is 1. The summed E-state index contributed by atoms with van der Waals surface area (Å²) in [5.74, 6) is 0. The van der Waals surface area contributed by atoms with Gasteiger partial charge in [0.05, 0.1) is 17.5 Å². The first-order valence-electron chi connectivity index (χ1n) is 8.25. The average molecular weight is 429 g/mol. The average Bonchev–Trinajstić information content (AvgIpc) is 3.08. The predicted molar refractivity (Wildman–Crippen MR) is 96.3 cm³/mol. The topological polar surface area (TPSA) is 78.7 Å². The Morgan fingerprint density at radius 1 is 1.13 bits per heavy atom. The lowest BCUT2D eigenvalue weighted by Gasteiger charge is -2.14. The van der Waals surface area contributed by atoms with Crippen LogP contribution in [0.4, 0.5) is 36.8 Å². The number of pyridine rings is 1. The third-order valence-electron chi connectivity index (χ3n) is 3.95. The summed E-state index contributed by atoms with van der Waals surface area (Å²) < 4.78 is 78.0. The number of nitrogens with one attached hydrogen (secondary N) is 2. The van der Waals surface area contributed by atoms with E-state index in [1.54, 1.807) is 0 Å². The van der Waals surface area contributed by atoms with Crippen LogP contribution in [0.15, 0.2) is 42.7 Å². The first-order chi connectivity index (χ1) is 14.0. The van der Waals surface area contributed by atoms with Crippen LogP contribution in [0.1, 0.15) is 5.56 Å². The van der Waals surface area contributed by atoms with Crippen LogP contribution in [-0.4, -0.2) is 40.6 Å². The number of carbonyl (C=O) groups is 1. The number of anilines is 1. The number of nitrogens with zero attached hydrogens (tertiary/aromatic N) is 2. The van der Waals surface area contributed by atoms with Crippen LogP contribution in [-0.2, 0) is 6.18 Å². The number of fused-ring (bicyclic) bond motifs is 1. The molecule has 0 unspecified atom stereocenters. The summed E-state index contributed by atoms with van der Waals surface area (Å²) in [4.78, 5) is 15.7. The van der Waals surface area contributed by atoms with Gasteiger partial charge in [0.2, 0.25) is 0 Å². The summed E-state index contributed by atoms with van der Waals surface area (Å²) in [6, 6.07) is 4.29. The van der Waals surface area contributed by atoms with Crippen LogP contribution >= 0.6 is 0 Å². The number of hydrogen-bond acceptors (Lipinski definition) is 3. The Morgan fingerprint density at radius 2 is 1.87 bits per heavy atom. The van der Waals surface area contributed by atoms with Crippen molar-refractivity contribution in [3.05, 3.63) is 48.3 Å². The molecule has 30 heavy (non-hydrogen) atoms. The van der Waals surface area contributed by atoms with Gasteiger partial charge in [0.1, 0.15) is 12.2 Å². The number of halogens is 6. The highest BCUT2D eigenvalue weighted by atomic mass is 19.4. The molecule has 6 nitrogen and oxygen atoms in total. The lowest BCUT2D eigenvalue weighted by atomic mass is 9.90. The number of rotatable bonds is 4. The largest absolute Gasteiger partial charge is 0.450 e. The van der Waals surface area contributed by atoms with Gasteiger partial charge >= 0.3 is 25.9 Å². The van der Waals surface area contributed by atoms with Gasteiger partial charge in [0.25, 0.3) is 0 Å². The normalized spacial score (nSPS) is 12.1. The Kier molecular flexibility index (Phi) is 5.66. The summed E-state index contributed by atoms with van der Waals surface area (Å²) >= 11 is 0. The molecule has 3 aromatic rings. The van der Waals surface area contributed by atoms with Crippen molar-refractivity contribution in [1.29, 1.82) is 0 Å². The molecule has 0 bridgehead atoms. The van der Waals surface area contributed by atoms with Crippen molar-refractivity contribution in [2.75, 3.05) is 11.9 Å². The van der Waals surface area contributed by atoms with E-state index in [1.807, 2.05) is 5.32 Å². The van der Waals surface area contributed by atoms with Gasteiger partial charge < -0.3 is 15.7 Å². The zero-order valence-electron chi connectivity index (χ0n) is 14.8. The molecule has 1 aromatic carbocycles. The predicted octanol–water partition coefficient (Wildman–Crippen LogP) is 2.94. The van der Waals surface area contributed by atoms with E-state index >= 15 is 0 Å². The number of aromatic nitrogens is 2. The number of urea groups is 1. The molecule has 1 radical (unpaired) electrons. The maximum absolute atomic E-state index is 13.3. The van der Waals surface area contributed by atoms with Crippen molar-refractivity contribution in [3.63, 3.8) is 0 Å². The lowest BCUT2D eigenvalue weighted by molar-refractivity contribution is -0.137. The summed E-state index contributed by atoms with van der Waals surface area (Å²) in [7, 11) is 0.834. The highest BCUT2D eigenvalue weighted by molar-refractivity contribution is 6.45. The molecule has 0 saturated heterocycles. The van der Waals surface area contributed by atoms with E-state index < -0.39 is 30.5 Å². The molecule has 13 heteroatoms. The van der Waals surface area contributed by atoms with Crippen LogP contribution in [0.2, 0.25) is 0 Å². The number of alkyl halides is 6. The summed E-state index contributed by atoms with van der Waals surface area (Å²) in [6.07, 6.45) is -6.67. The van der Waals surface area contributed by atoms with Crippen LogP contribution in [0.3, 0.4) is 0 Å². The van der Waals surface area contributed by atoms with E-state index in [2.05, 4.69) is 4.98 Å². The maximum Gasteiger partial charge on any atom is 0.416 e. The van der Waals surface area contributed by atoms with Crippen molar-refractivity contribution < 1.29 is 36.2 Å². The Balaban J connectivity index is 1.99. The molecule has 0 aliphatic carbocycles. The van der Waals surface area contributed by atoms with Crippen molar-refractivity contribution in [2.24, 2.45) is 0 Å². The molecule has 3 rings (SSSR count). The quantitative estimate of drug-likeness (QED) is 0.441. The van der Waals surface area contributed by atoms with Crippen molar-refractivity contribution in [1.82, 2.24) is 14.7 Å². The van der Waals surface area contributed by atoms with Gasteiger partial charge in [0.15, 0.2) is 0 Å². The lowest BCUT2D eigenvalue weighted by Crippen LogP contribution is -2.36. The van der Waals surface area contributed by atoms with Crippen molar-refractivity contribution in [3.8, 4) is 11.3 Å². The Labute approximate surface area is 165 Å². The monoisotopic (exact) mass is 429 g/mol. The molecule has 0 saturated carbocycles. The molecular weight excluding hydrogens is 417 g/mol. The van der Waals surface area contributed by atoms with Crippen molar-refractivity contribution in [2.45, 2.75) is 12.4 Å². The number of hydrogen-bond donors (Lipinski definition) is 3. The maximum atomic E-state index is 13.3. The van der Waals surface area contributed by atoms with E-state index in [-0.39, 0.29) is 16.9 Å². The number of amides is 2. The van der Waals surface area contributed by atoms with Gasteiger partial charge in [-0.1, -0.05) is 0 Å². The molecule has 0 aliphatic heterocycles. The fourth-order valence-corrected chi connectivity index (χ4v) is 2.66. The Bertz CT molecular complexity index is 1080. The van der Waals surface area contributed by atoms with Crippen LogP contribution in [0.5, 0.6) is 0 Å². The number of carbonyl (C=O) groups excluding carboxylic acids is 1. The van der Waals surface area contributed by atoms with E-state index in [4.69, 9.17) is 5.02 Å². The van der Waals surface area contributed by atoms with Crippen LogP contribution in [0, 0.1) is 0 Å². The fraction of sp³-hybridized carbons (Fsp3) is 0.176. The molecule has 2 aromatic heterocycles. The first-order valence-corrected chi connectivity index (χ1v) is 8.25. The summed E-state index contributed by atoms with van der Waals surface area (Å²) in [6.45, 7) is -1.64. The Hall–Kier alpha value is -3.22. The van der Waals surface area contributed by atoms with Gasteiger partial charge in [-0.15, -0.1) is 0 Å². The molecule has 157 valence electrons. The van der Waals surface area contributed by atoms with Gasteiger partial charge in [-0.3, -0.25) is 4.40 Å². The zero-order chi connectivity index (χ0) is 22.1. The molecule has 0 fully saturated rings. The summed E-state index contributed by atoms with van der Waals surface area (Å²) in [5, 5.41) is 12.6. The minimum absolute atomic E-state index is 0.0178. The van der Waals surface area contributed by atoms with Gasteiger partial charge in [-0.25, -0.2) is 9.78 Å². The SMILES string of the molecule is O=C(NCC(F)(F)F)Nc1cc(-c2cnc3cc([B]O)ccn23)cc(C(F)(F)F)c1. The van der Waals surface area contributed by atoms with E-state index in [0.717, 1.165) is 13.5 Å². The molecule has 3 N–H and O–H groups in total. The molecule has 2 heterocycles. The van der Waals surface area contributed by atoms with E-state index in [9.17, 15) is 31.1 Å². The highest BCUT2D eigenvalue weighted by Crippen LogP contribution is 2.35. The van der Waals surface area contributed by atoms with E-state index in [0.29, 0.717) is 17.2 Å². The van der Waals surface area contributed by atoms with Crippen molar-refractivity contribution >= 4 is 30.3 Å². The molecule has 0 aliphatic rings. The Morgan fingerprint density at radius 3 is 2.50 bits per heavy atom. The van der Waals surface area contributed by atoms with E-state index in [1.165, 1.54) is 40.3 Å². The third kappa shape index (κ3) is 5.03. The molecule has 0 spiro atoms. The van der Waals surface area contributed by atoms with Gasteiger partial charge in [-0.05, 0) is 35.8 Å². The second kappa shape index (κ2) is 7.90. The molecule has 0 atom stereocenters. The second-order valence-corrected chi connectivity index (χ2v) is 6.18. The third-order valence-corrected chi connectivity index (χ3v) is 3.95. The first kappa shape index (κ1) is 21.5. The fourth-order valence-electron chi connectivity index (χ4n) is 2.66. The minimum Gasteiger partial charge on any atom is -0.450 e. The molecular formula is C17H12BF6N4O2. The van der Waals surface area contributed by atoms with Gasteiger partial charge in [0, 0.05) is 17.4 Å². The highest BCUT2D eigenvalue weighted by Gasteiger charge is 2.32. The summed E-state index contributed by atoms with van der Waals surface area (Å²) in [5.41, 5.74) is -0.449. The smallest absolute Gasteiger partial charge is 0.416 e. The minimum atomic E-state index is -4.77. The standard InChI is InChI=1S/C17H12BF6N4O2/c19-16(20,21)8-26-15(29)27-12-4-9(3-10(5-12)17(22,23)24)13-7-25-14-6-11(18-30)1-2-28(13)14/h1-7,30H,8H2,(H2,26,27,29). The zero-order valence-corrected chi connectivity index (χ0v) is 14.8.